The van der Waals surface area contributed by atoms with Crippen LogP contribution in [0.2, 0.25) is 15.1 Å². The summed E-state index contributed by atoms with van der Waals surface area (Å²) in [6.07, 6.45) is 1.44. The van der Waals surface area contributed by atoms with E-state index in [1.165, 1.54) is 5.56 Å². The summed E-state index contributed by atoms with van der Waals surface area (Å²) >= 11 is 18.2. The molecule has 0 saturated carbocycles. The fraction of sp³-hybridized carbons (Fsp3) is 0.212. The summed E-state index contributed by atoms with van der Waals surface area (Å²) in [5.41, 5.74) is 4.71. The zero-order chi connectivity index (χ0) is 28.8. The second-order valence-electron chi connectivity index (χ2n) is 10.2. The molecule has 1 saturated heterocycles. The van der Waals surface area contributed by atoms with Gasteiger partial charge in [-0.3, -0.25) is 9.69 Å². The number of ether oxygens (including phenoxy) is 1. The number of halogens is 3. The van der Waals surface area contributed by atoms with E-state index in [0.29, 0.717) is 21.3 Å². The molecule has 0 radical (unpaired) electrons. The minimum Gasteiger partial charge on any atom is -0.360 e. The molecule has 1 amide bonds. The van der Waals surface area contributed by atoms with Crippen molar-refractivity contribution in [2.45, 2.75) is 25.0 Å². The number of benzene rings is 4. The lowest BCUT2D eigenvalue weighted by molar-refractivity contribution is -0.135. The van der Waals surface area contributed by atoms with Gasteiger partial charge in [-0.05, 0) is 77.6 Å². The molecule has 1 aliphatic rings. The second-order valence-corrected chi connectivity index (χ2v) is 11.5. The van der Waals surface area contributed by atoms with Crippen molar-refractivity contribution in [3.63, 3.8) is 0 Å². The number of nitrogens with zero attached hydrogens (tertiary/aromatic N) is 2. The third-order valence-electron chi connectivity index (χ3n) is 7.35. The monoisotopic (exact) mass is 603 g/mol. The molecule has 1 heterocycles. The van der Waals surface area contributed by atoms with Crippen molar-refractivity contribution in [2.24, 2.45) is 0 Å². The van der Waals surface area contributed by atoms with Crippen molar-refractivity contribution < 1.29 is 9.53 Å². The highest BCUT2D eigenvalue weighted by Gasteiger charge is 2.38. The van der Waals surface area contributed by atoms with E-state index in [0.717, 1.165) is 54.2 Å². The first kappa shape index (κ1) is 29.1. The van der Waals surface area contributed by atoms with Crippen molar-refractivity contribution >= 4 is 46.4 Å². The van der Waals surface area contributed by atoms with Gasteiger partial charge in [0.1, 0.15) is 6.61 Å². The van der Waals surface area contributed by atoms with E-state index in [2.05, 4.69) is 28.4 Å². The van der Waals surface area contributed by atoms with Gasteiger partial charge in [0.05, 0.1) is 17.2 Å². The zero-order valence-electron chi connectivity index (χ0n) is 22.2. The third-order valence-corrected chi connectivity index (χ3v) is 8.03. The Morgan fingerprint density at radius 1 is 0.854 bits per heavy atom. The first-order valence-electron chi connectivity index (χ1n) is 13.3. The van der Waals surface area contributed by atoms with E-state index in [-0.39, 0.29) is 12.5 Å². The van der Waals surface area contributed by atoms with Crippen LogP contribution >= 0.6 is 34.8 Å². The summed E-state index contributed by atoms with van der Waals surface area (Å²) in [5.74, 6) is -0.281. The van der Waals surface area contributed by atoms with Crippen LogP contribution in [0.1, 0.15) is 29.5 Å². The number of rotatable bonds is 8. The number of anilines is 1. The Morgan fingerprint density at radius 2 is 1.54 bits per heavy atom. The quantitative estimate of drug-likeness (QED) is 0.220. The summed E-state index contributed by atoms with van der Waals surface area (Å²) in [4.78, 5) is 15.3. The van der Waals surface area contributed by atoms with Gasteiger partial charge >= 0.3 is 0 Å². The standard InChI is InChI=1S/C33H28Cl3N3O2/c34-28-10-4-23(5-11-28)21-39-14-12-33(13-15-39,41-22-32(40)38-31-18-29(35)17-30(36)19-31)27-8-6-25(7-9-27)26-3-1-2-24(16-26)20-37/h1-11,16-19H,12-15,21-22H2,(H,38,40). The van der Waals surface area contributed by atoms with Crippen LogP contribution in [0.25, 0.3) is 11.1 Å². The van der Waals surface area contributed by atoms with E-state index in [4.69, 9.17) is 39.5 Å². The maximum atomic E-state index is 12.9. The predicted molar refractivity (Wildman–Crippen MR) is 165 cm³/mol. The highest BCUT2D eigenvalue weighted by molar-refractivity contribution is 6.35. The molecule has 0 unspecified atom stereocenters. The van der Waals surface area contributed by atoms with Gasteiger partial charge < -0.3 is 10.1 Å². The smallest absolute Gasteiger partial charge is 0.250 e. The molecule has 5 nitrogen and oxygen atoms in total. The van der Waals surface area contributed by atoms with Gasteiger partial charge in [-0.25, -0.2) is 0 Å². The van der Waals surface area contributed by atoms with Gasteiger partial charge in [0, 0.05) is 40.4 Å². The Balaban J connectivity index is 1.33. The third kappa shape index (κ3) is 7.48. The van der Waals surface area contributed by atoms with E-state index in [1.807, 2.05) is 54.6 Å². The summed E-state index contributed by atoms with van der Waals surface area (Å²) < 4.78 is 6.48. The van der Waals surface area contributed by atoms with Crippen LogP contribution in [0.4, 0.5) is 5.69 Å². The molecule has 1 aliphatic heterocycles. The Morgan fingerprint density at radius 3 is 2.20 bits per heavy atom. The van der Waals surface area contributed by atoms with Crippen LogP contribution in [0.15, 0.2) is 91.0 Å². The van der Waals surface area contributed by atoms with Crippen molar-refractivity contribution in [3.8, 4) is 17.2 Å². The SMILES string of the molecule is N#Cc1cccc(-c2ccc(C3(OCC(=O)Nc4cc(Cl)cc(Cl)c4)CCN(Cc4ccc(Cl)cc4)CC3)cc2)c1. The molecule has 8 heteroatoms. The molecule has 4 aromatic carbocycles. The number of piperidine rings is 1. The van der Waals surface area contributed by atoms with Gasteiger partial charge in [0.2, 0.25) is 5.91 Å². The Kier molecular flexibility index (Phi) is 9.29. The largest absolute Gasteiger partial charge is 0.360 e. The number of hydrogen-bond acceptors (Lipinski definition) is 4. The van der Waals surface area contributed by atoms with Crippen LogP contribution < -0.4 is 5.32 Å². The predicted octanol–water partition coefficient (Wildman–Crippen LogP) is 8.33. The van der Waals surface area contributed by atoms with Crippen LogP contribution in [0.5, 0.6) is 0 Å². The summed E-state index contributed by atoms with van der Waals surface area (Å²) in [7, 11) is 0. The molecule has 0 atom stereocenters. The lowest BCUT2D eigenvalue weighted by atomic mass is 9.83. The molecule has 41 heavy (non-hydrogen) atoms. The molecule has 208 valence electrons. The molecular weight excluding hydrogens is 577 g/mol. The topological polar surface area (TPSA) is 65.4 Å². The van der Waals surface area contributed by atoms with Gasteiger partial charge in [0.15, 0.2) is 0 Å². The first-order valence-corrected chi connectivity index (χ1v) is 14.4. The Hall–Kier alpha value is -3.37. The van der Waals surface area contributed by atoms with Crippen molar-refractivity contribution in [2.75, 3.05) is 25.0 Å². The molecule has 0 aliphatic carbocycles. The Labute approximate surface area is 255 Å². The molecule has 0 aromatic heterocycles. The first-order chi connectivity index (χ1) is 19.8. The van der Waals surface area contributed by atoms with Crippen LogP contribution in [-0.2, 0) is 21.7 Å². The number of carbonyl (C=O) groups is 1. The van der Waals surface area contributed by atoms with E-state index >= 15 is 0 Å². The lowest BCUT2D eigenvalue weighted by Crippen LogP contribution is -2.45. The maximum absolute atomic E-state index is 12.9. The van der Waals surface area contributed by atoms with Gasteiger partial charge in [-0.15, -0.1) is 0 Å². The second kappa shape index (κ2) is 13.1. The zero-order valence-corrected chi connectivity index (χ0v) is 24.5. The van der Waals surface area contributed by atoms with Crippen molar-refractivity contribution in [3.05, 3.63) is 123 Å². The summed E-state index contributed by atoms with van der Waals surface area (Å²) in [6, 6.07) is 30.8. The molecule has 1 fully saturated rings. The van der Waals surface area contributed by atoms with Crippen molar-refractivity contribution in [1.29, 1.82) is 5.26 Å². The van der Waals surface area contributed by atoms with E-state index in [1.54, 1.807) is 24.3 Å². The van der Waals surface area contributed by atoms with Crippen LogP contribution in [0, 0.1) is 11.3 Å². The minimum atomic E-state index is -0.632. The lowest BCUT2D eigenvalue weighted by Gasteiger charge is -2.42. The molecule has 0 bridgehead atoms. The summed E-state index contributed by atoms with van der Waals surface area (Å²) in [6.45, 7) is 2.31. The van der Waals surface area contributed by atoms with Gasteiger partial charge in [0.25, 0.3) is 0 Å². The summed E-state index contributed by atoms with van der Waals surface area (Å²) in [5, 5.41) is 13.7. The van der Waals surface area contributed by atoms with Crippen LogP contribution in [0.3, 0.4) is 0 Å². The number of nitriles is 1. The molecule has 0 spiro atoms. The minimum absolute atomic E-state index is 0.118. The fourth-order valence-electron chi connectivity index (χ4n) is 5.20. The fourth-order valence-corrected chi connectivity index (χ4v) is 5.85. The van der Waals surface area contributed by atoms with E-state index < -0.39 is 5.60 Å². The highest BCUT2D eigenvalue weighted by Crippen LogP contribution is 2.38. The Bertz CT molecular complexity index is 1540. The number of amides is 1. The van der Waals surface area contributed by atoms with Gasteiger partial charge in [-0.1, -0.05) is 83.3 Å². The number of carbonyl (C=O) groups excluding carboxylic acids is 1. The average molecular weight is 605 g/mol. The van der Waals surface area contributed by atoms with E-state index in [9.17, 15) is 10.1 Å². The molecular formula is C33H28Cl3N3O2. The number of nitrogens with one attached hydrogen (secondary N) is 1. The highest BCUT2D eigenvalue weighted by atomic mass is 35.5. The number of hydrogen-bond donors (Lipinski definition) is 1. The molecule has 1 N–H and O–H groups in total. The van der Waals surface area contributed by atoms with Crippen LogP contribution in [-0.4, -0.2) is 30.5 Å². The molecule has 5 rings (SSSR count). The van der Waals surface area contributed by atoms with Crippen molar-refractivity contribution in [1.82, 2.24) is 4.90 Å². The average Bonchev–Trinajstić information content (AvgIpc) is 2.98. The number of likely N-dealkylation sites (tertiary alicyclic amines) is 1. The van der Waals surface area contributed by atoms with Gasteiger partial charge in [-0.2, -0.15) is 5.26 Å². The maximum Gasteiger partial charge on any atom is 0.250 e. The molecule has 4 aromatic rings. The normalized spacial score (nSPS) is 14.8.